The second kappa shape index (κ2) is 12.2. The van der Waals surface area contributed by atoms with E-state index in [-0.39, 0.29) is 6.29 Å². The van der Waals surface area contributed by atoms with Crippen molar-refractivity contribution in [1.29, 1.82) is 0 Å². The maximum Gasteiger partial charge on any atom is 0.187 e. The molecule has 0 aliphatic carbocycles. The number of ether oxygens (including phenoxy) is 4. The Hall–Kier alpha value is -0.890. The van der Waals surface area contributed by atoms with Crippen LogP contribution in [0.2, 0.25) is 0 Å². The average molecular weight is 488 g/mol. The largest absolute Gasteiger partial charge is 0.394 e. The van der Waals surface area contributed by atoms with E-state index in [2.05, 4.69) is 0 Å². The number of hydrogen-bond donors (Lipinski definition) is 10. The van der Waals surface area contributed by atoms with E-state index in [4.69, 9.17) is 24.1 Å². The van der Waals surface area contributed by atoms with Gasteiger partial charge in [0.05, 0.1) is 19.3 Å². The normalized spacial score (nSPS) is 43.5. The van der Waals surface area contributed by atoms with Crippen molar-refractivity contribution in [3.8, 4) is 0 Å². The van der Waals surface area contributed by atoms with Crippen LogP contribution in [0.1, 0.15) is 6.92 Å². The summed E-state index contributed by atoms with van der Waals surface area (Å²) in [5.74, 6) is 0. The van der Waals surface area contributed by atoms with Gasteiger partial charge in [-0.05, 0) is 6.92 Å². The third kappa shape index (κ3) is 6.22. The molecule has 194 valence electrons. The molecule has 14 atom stereocenters. The molecule has 2 rings (SSSR count). The first-order chi connectivity index (χ1) is 15.5. The Labute approximate surface area is 187 Å². The molecule has 0 aromatic rings. The fourth-order valence-corrected chi connectivity index (χ4v) is 3.55. The van der Waals surface area contributed by atoms with Gasteiger partial charge in [-0.15, -0.1) is 0 Å². The van der Waals surface area contributed by atoms with E-state index in [0.29, 0.717) is 0 Å². The highest BCUT2D eigenvalue weighted by Gasteiger charge is 2.51. The van der Waals surface area contributed by atoms with Crippen LogP contribution in [0.15, 0.2) is 0 Å². The molecule has 0 aromatic heterocycles. The molecule has 2 aliphatic rings. The van der Waals surface area contributed by atoms with E-state index in [1.54, 1.807) is 0 Å². The summed E-state index contributed by atoms with van der Waals surface area (Å²) in [4.78, 5) is 10.7. The Morgan fingerprint density at radius 1 is 0.879 bits per heavy atom. The van der Waals surface area contributed by atoms with Crippen LogP contribution in [-0.2, 0) is 23.7 Å². The van der Waals surface area contributed by atoms with Gasteiger partial charge < -0.3 is 74.8 Å². The summed E-state index contributed by atoms with van der Waals surface area (Å²) in [5, 5.41) is 99.0. The van der Waals surface area contributed by atoms with E-state index in [1.165, 1.54) is 6.92 Å². The third-order valence-corrected chi connectivity index (χ3v) is 5.60. The van der Waals surface area contributed by atoms with Gasteiger partial charge in [0.2, 0.25) is 0 Å². The first-order valence-corrected chi connectivity index (χ1v) is 10.2. The quantitative estimate of drug-likeness (QED) is 0.128. The summed E-state index contributed by atoms with van der Waals surface area (Å²) >= 11 is 0. The fourth-order valence-electron chi connectivity index (χ4n) is 3.55. The molecule has 0 bridgehead atoms. The van der Waals surface area contributed by atoms with Crippen molar-refractivity contribution in [1.82, 2.24) is 0 Å². The first kappa shape index (κ1) is 28.3. The van der Waals surface area contributed by atoms with Crippen LogP contribution in [0, 0.1) is 0 Å². The molecule has 0 radical (unpaired) electrons. The standard InChI is InChI=1S/C18H32O15/c1-5-9(24)11(26)13(28)17(30-5)33-16-8(4-21)31-18(14(29)12(16)27)32-15(7(23)3-20)10(25)6(22)2-19/h2,5-18,20-29H,3-4H2,1H3/t5-,6?,7?,8+,9-,10?,11+,12+,13+,14+,15?,16+,17-,18-/m0/s1. The number of hydrogen-bond acceptors (Lipinski definition) is 15. The number of aldehydes is 1. The highest BCUT2D eigenvalue weighted by Crippen LogP contribution is 2.30. The zero-order valence-corrected chi connectivity index (χ0v) is 17.6. The molecule has 15 heteroatoms. The lowest BCUT2D eigenvalue weighted by Crippen LogP contribution is -2.65. The summed E-state index contributed by atoms with van der Waals surface area (Å²) in [6.07, 6.45) is -23.9. The summed E-state index contributed by atoms with van der Waals surface area (Å²) < 4.78 is 21.3. The molecule has 15 nitrogen and oxygen atoms in total. The third-order valence-electron chi connectivity index (χ3n) is 5.60. The molecule has 0 spiro atoms. The number of aliphatic hydroxyl groups excluding tert-OH is 10. The van der Waals surface area contributed by atoms with Gasteiger partial charge in [-0.2, -0.15) is 0 Å². The van der Waals surface area contributed by atoms with Crippen molar-refractivity contribution in [3.05, 3.63) is 0 Å². The van der Waals surface area contributed by atoms with E-state index in [1.807, 2.05) is 0 Å². The minimum atomic E-state index is -2.06. The van der Waals surface area contributed by atoms with E-state index in [9.17, 15) is 50.8 Å². The van der Waals surface area contributed by atoms with Crippen molar-refractivity contribution < 1.29 is 74.8 Å². The average Bonchev–Trinajstić information content (AvgIpc) is 2.81. The van der Waals surface area contributed by atoms with Gasteiger partial charge >= 0.3 is 0 Å². The van der Waals surface area contributed by atoms with Gasteiger partial charge in [-0.25, -0.2) is 0 Å². The van der Waals surface area contributed by atoms with Crippen molar-refractivity contribution in [3.63, 3.8) is 0 Å². The Bertz CT molecular complexity index is 607. The maximum absolute atomic E-state index is 10.7. The molecule has 2 fully saturated rings. The Balaban J connectivity index is 2.16. The topological polar surface area (TPSA) is 256 Å². The van der Waals surface area contributed by atoms with Crippen LogP contribution in [0.4, 0.5) is 0 Å². The Kier molecular flexibility index (Phi) is 10.5. The SMILES string of the molecule is C[C@@H]1O[C@@H](O[C@H]2[C@H](O)[C@@H](O)[C@H](OC(C(O)CO)C(O)C(O)C=O)O[C@@H]2CO)[C@H](O)[C@H](O)[C@H]1O. The van der Waals surface area contributed by atoms with Crippen molar-refractivity contribution >= 4 is 6.29 Å². The van der Waals surface area contributed by atoms with E-state index in [0.717, 1.165) is 0 Å². The molecular weight excluding hydrogens is 456 g/mol. The number of rotatable bonds is 10. The molecular formula is C18H32O15. The zero-order valence-electron chi connectivity index (χ0n) is 17.6. The summed E-state index contributed by atoms with van der Waals surface area (Å²) in [6.45, 7) is -0.417. The number of aliphatic hydroxyl groups is 10. The van der Waals surface area contributed by atoms with Gasteiger partial charge in [-0.1, -0.05) is 0 Å². The minimum Gasteiger partial charge on any atom is -0.394 e. The predicted molar refractivity (Wildman–Crippen MR) is 101 cm³/mol. The number of carbonyl (C=O) groups excluding carboxylic acids is 1. The molecule has 10 N–H and O–H groups in total. The molecule has 0 saturated carbocycles. The molecule has 0 amide bonds. The Morgan fingerprint density at radius 3 is 2.03 bits per heavy atom. The van der Waals surface area contributed by atoms with Crippen molar-refractivity contribution in [2.45, 2.75) is 92.8 Å². The highest BCUT2D eigenvalue weighted by atomic mass is 16.7. The van der Waals surface area contributed by atoms with Crippen LogP contribution in [0.5, 0.6) is 0 Å². The summed E-state index contributed by atoms with van der Waals surface area (Å²) in [5.41, 5.74) is 0. The molecule has 33 heavy (non-hydrogen) atoms. The smallest absolute Gasteiger partial charge is 0.187 e. The highest BCUT2D eigenvalue weighted by molar-refractivity contribution is 5.56. The van der Waals surface area contributed by atoms with Gasteiger partial charge in [0, 0.05) is 0 Å². The lowest BCUT2D eigenvalue weighted by Gasteiger charge is -2.46. The molecule has 2 saturated heterocycles. The second-order valence-electron chi connectivity index (χ2n) is 7.96. The monoisotopic (exact) mass is 488 g/mol. The first-order valence-electron chi connectivity index (χ1n) is 10.2. The zero-order chi connectivity index (χ0) is 25.0. The van der Waals surface area contributed by atoms with Crippen LogP contribution >= 0.6 is 0 Å². The van der Waals surface area contributed by atoms with Crippen LogP contribution in [-0.4, -0.2) is 156 Å². The van der Waals surface area contributed by atoms with Crippen LogP contribution in [0.3, 0.4) is 0 Å². The van der Waals surface area contributed by atoms with Crippen LogP contribution < -0.4 is 0 Å². The lowest BCUT2D eigenvalue weighted by molar-refractivity contribution is -0.365. The Morgan fingerprint density at radius 2 is 1.48 bits per heavy atom. The maximum atomic E-state index is 10.7. The van der Waals surface area contributed by atoms with E-state index >= 15 is 0 Å². The molecule has 4 unspecified atom stereocenters. The van der Waals surface area contributed by atoms with Crippen LogP contribution in [0.25, 0.3) is 0 Å². The van der Waals surface area contributed by atoms with Crippen molar-refractivity contribution in [2.75, 3.05) is 13.2 Å². The number of carbonyl (C=O) groups is 1. The second-order valence-corrected chi connectivity index (χ2v) is 7.96. The van der Waals surface area contributed by atoms with Gasteiger partial charge in [-0.3, -0.25) is 0 Å². The fraction of sp³-hybridized carbons (Fsp3) is 0.944. The summed E-state index contributed by atoms with van der Waals surface area (Å²) in [6, 6.07) is 0. The van der Waals surface area contributed by atoms with Gasteiger partial charge in [0.15, 0.2) is 18.9 Å². The molecule has 2 heterocycles. The van der Waals surface area contributed by atoms with Crippen molar-refractivity contribution in [2.24, 2.45) is 0 Å². The lowest BCUT2D eigenvalue weighted by atomic mass is 9.97. The predicted octanol–water partition coefficient (Wildman–Crippen LogP) is -6.70. The molecule has 2 aliphatic heterocycles. The van der Waals surface area contributed by atoms with E-state index < -0.39 is 99.0 Å². The molecule has 0 aromatic carbocycles. The van der Waals surface area contributed by atoms with Gasteiger partial charge in [0.25, 0.3) is 0 Å². The summed E-state index contributed by atoms with van der Waals surface area (Å²) in [7, 11) is 0. The van der Waals surface area contributed by atoms with Gasteiger partial charge in [0.1, 0.15) is 67.1 Å². The minimum absolute atomic E-state index is 0.0552.